The zero-order valence-corrected chi connectivity index (χ0v) is 12.1. The van der Waals surface area contributed by atoms with Gasteiger partial charge in [-0.3, -0.25) is 9.78 Å². The van der Waals surface area contributed by atoms with Crippen molar-refractivity contribution < 1.29 is 9.53 Å². The van der Waals surface area contributed by atoms with Gasteiger partial charge in [0.15, 0.2) is 6.61 Å². The molecule has 0 fully saturated rings. The maximum atomic E-state index is 11.5. The minimum Gasteiger partial charge on any atom is -0.484 e. The Labute approximate surface area is 124 Å². The molecule has 1 N–H and O–H groups in total. The number of pyridine rings is 1. The Balaban J connectivity index is 1.76. The van der Waals surface area contributed by atoms with Crippen LogP contribution in [0.4, 0.5) is 0 Å². The van der Waals surface area contributed by atoms with E-state index >= 15 is 0 Å². The second-order valence-corrected chi connectivity index (χ2v) is 4.74. The number of nitrogens with one attached hydrogen (secondary N) is 1. The van der Waals surface area contributed by atoms with Gasteiger partial charge in [0.1, 0.15) is 5.75 Å². The third-order valence-electron chi connectivity index (χ3n) is 2.27. The van der Waals surface area contributed by atoms with Crippen LogP contribution in [0.1, 0.15) is 5.56 Å². The summed E-state index contributed by atoms with van der Waals surface area (Å²) in [6.07, 6.45) is 4.83. The number of amides is 1. The number of hydrogen-bond acceptors (Lipinski definition) is 4. The Kier molecular flexibility index (Phi) is 5.25. The summed E-state index contributed by atoms with van der Waals surface area (Å²) < 4.78 is 6.26. The van der Waals surface area contributed by atoms with E-state index in [0.29, 0.717) is 5.75 Å². The lowest BCUT2D eigenvalue weighted by Crippen LogP contribution is -2.24. The van der Waals surface area contributed by atoms with Gasteiger partial charge in [0.25, 0.3) is 5.91 Å². The Bertz CT molecular complexity index is 585. The fraction of sp³-hybridized carbons (Fsp3) is 0.0714. The summed E-state index contributed by atoms with van der Waals surface area (Å²) in [6, 6.07) is 10.9. The number of ether oxygens (including phenoxy) is 1. The predicted octanol–water partition coefficient (Wildman–Crippen LogP) is 2.37. The molecule has 1 heterocycles. The molecule has 2 aromatic rings. The Morgan fingerprint density at radius 1 is 1.35 bits per heavy atom. The second kappa shape index (κ2) is 7.40. The Hall–Kier alpha value is -2.21. The monoisotopic (exact) mass is 333 g/mol. The van der Waals surface area contributed by atoms with Gasteiger partial charge in [0, 0.05) is 22.4 Å². The largest absolute Gasteiger partial charge is 0.484 e. The molecule has 20 heavy (non-hydrogen) atoms. The number of nitrogens with zero attached hydrogens (tertiary/aromatic N) is 2. The van der Waals surface area contributed by atoms with Crippen LogP contribution in [0, 0.1) is 0 Å². The fourth-order valence-corrected chi connectivity index (χ4v) is 1.61. The minimum atomic E-state index is -0.326. The van der Waals surface area contributed by atoms with Gasteiger partial charge < -0.3 is 4.74 Å². The number of carbonyl (C=O) groups is 1. The van der Waals surface area contributed by atoms with E-state index in [4.69, 9.17) is 4.74 Å². The van der Waals surface area contributed by atoms with Gasteiger partial charge >= 0.3 is 0 Å². The molecule has 1 aromatic carbocycles. The third kappa shape index (κ3) is 4.81. The molecule has 0 saturated heterocycles. The first kappa shape index (κ1) is 14.2. The standard InChI is InChI=1S/C14H12BrN3O2/c15-12-3-5-13(6-4-12)20-10-14(19)18-17-9-11-2-1-7-16-8-11/h1-9H,10H2,(H,18,19)/b17-9-. The number of hydrazone groups is 1. The molecule has 102 valence electrons. The maximum Gasteiger partial charge on any atom is 0.277 e. The van der Waals surface area contributed by atoms with Crippen molar-refractivity contribution in [1.82, 2.24) is 10.4 Å². The van der Waals surface area contributed by atoms with Crippen LogP contribution in [-0.2, 0) is 4.79 Å². The summed E-state index contributed by atoms with van der Waals surface area (Å²) in [5.74, 6) is 0.299. The lowest BCUT2D eigenvalue weighted by molar-refractivity contribution is -0.123. The molecular weight excluding hydrogens is 322 g/mol. The van der Waals surface area contributed by atoms with Crippen molar-refractivity contribution in [2.45, 2.75) is 0 Å². The van der Waals surface area contributed by atoms with Crippen molar-refractivity contribution in [3.63, 3.8) is 0 Å². The first-order chi connectivity index (χ1) is 9.74. The highest BCUT2D eigenvalue weighted by Gasteiger charge is 2.01. The maximum absolute atomic E-state index is 11.5. The van der Waals surface area contributed by atoms with E-state index in [1.807, 2.05) is 18.2 Å². The highest BCUT2D eigenvalue weighted by molar-refractivity contribution is 9.10. The number of rotatable bonds is 5. The molecule has 1 amide bonds. The predicted molar refractivity (Wildman–Crippen MR) is 79.6 cm³/mol. The van der Waals surface area contributed by atoms with Crippen molar-refractivity contribution in [2.24, 2.45) is 5.10 Å². The molecule has 0 bridgehead atoms. The van der Waals surface area contributed by atoms with Gasteiger partial charge in [-0.25, -0.2) is 5.43 Å². The van der Waals surface area contributed by atoms with Crippen molar-refractivity contribution in [2.75, 3.05) is 6.61 Å². The van der Waals surface area contributed by atoms with E-state index in [-0.39, 0.29) is 12.5 Å². The number of aromatic nitrogens is 1. The molecule has 1 aromatic heterocycles. The van der Waals surface area contributed by atoms with Crippen molar-refractivity contribution in [3.8, 4) is 5.75 Å². The minimum absolute atomic E-state index is 0.0913. The Morgan fingerprint density at radius 2 is 2.15 bits per heavy atom. The van der Waals surface area contributed by atoms with Gasteiger partial charge in [-0.05, 0) is 30.3 Å². The van der Waals surface area contributed by atoms with E-state index in [0.717, 1.165) is 10.0 Å². The Morgan fingerprint density at radius 3 is 2.85 bits per heavy atom. The average Bonchev–Trinajstić information content (AvgIpc) is 2.48. The molecule has 0 radical (unpaired) electrons. The summed E-state index contributed by atoms with van der Waals surface area (Å²) in [5, 5.41) is 3.82. The third-order valence-corrected chi connectivity index (χ3v) is 2.80. The molecular formula is C14H12BrN3O2. The molecule has 0 spiro atoms. The normalized spacial score (nSPS) is 10.4. The summed E-state index contributed by atoms with van der Waals surface area (Å²) >= 11 is 3.32. The lowest BCUT2D eigenvalue weighted by Gasteiger charge is -2.04. The topological polar surface area (TPSA) is 63.6 Å². The van der Waals surface area contributed by atoms with Crippen LogP contribution in [0.3, 0.4) is 0 Å². The van der Waals surface area contributed by atoms with E-state index in [1.54, 1.807) is 30.6 Å². The summed E-state index contributed by atoms with van der Waals surface area (Å²) in [7, 11) is 0. The zero-order chi connectivity index (χ0) is 14.2. The molecule has 2 rings (SSSR count). The highest BCUT2D eigenvalue weighted by Crippen LogP contribution is 2.15. The van der Waals surface area contributed by atoms with Crippen LogP contribution in [0.2, 0.25) is 0 Å². The van der Waals surface area contributed by atoms with Crippen molar-refractivity contribution in [3.05, 3.63) is 58.8 Å². The molecule has 0 saturated carbocycles. The van der Waals surface area contributed by atoms with Crippen LogP contribution in [0.15, 0.2) is 58.4 Å². The SMILES string of the molecule is O=C(COc1ccc(Br)cc1)N/N=C\c1cccnc1. The lowest BCUT2D eigenvalue weighted by atomic mass is 10.3. The first-order valence-electron chi connectivity index (χ1n) is 5.84. The molecule has 0 unspecified atom stereocenters. The van der Waals surface area contributed by atoms with E-state index in [9.17, 15) is 4.79 Å². The highest BCUT2D eigenvalue weighted by atomic mass is 79.9. The van der Waals surface area contributed by atoms with E-state index < -0.39 is 0 Å². The van der Waals surface area contributed by atoms with Gasteiger partial charge in [0.05, 0.1) is 6.21 Å². The van der Waals surface area contributed by atoms with Gasteiger partial charge in [-0.15, -0.1) is 0 Å². The van der Waals surface area contributed by atoms with Gasteiger partial charge in [-0.1, -0.05) is 22.0 Å². The molecule has 5 nitrogen and oxygen atoms in total. The molecule has 0 aliphatic rings. The average molecular weight is 334 g/mol. The van der Waals surface area contributed by atoms with Crippen LogP contribution < -0.4 is 10.2 Å². The second-order valence-electron chi connectivity index (χ2n) is 3.82. The number of hydrogen-bond donors (Lipinski definition) is 1. The molecule has 0 aliphatic heterocycles. The van der Waals surface area contributed by atoms with Crippen molar-refractivity contribution in [1.29, 1.82) is 0 Å². The van der Waals surface area contributed by atoms with Gasteiger partial charge in [0.2, 0.25) is 0 Å². The van der Waals surface area contributed by atoms with E-state index in [1.165, 1.54) is 6.21 Å². The first-order valence-corrected chi connectivity index (χ1v) is 6.63. The van der Waals surface area contributed by atoms with Crippen LogP contribution in [-0.4, -0.2) is 23.7 Å². The summed E-state index contributed by atoms with van der Waals surface area (Å²) in [6.45, 7) is -0.0913. The molecule has 6 heteroatoms. The fourth-order valence-electron chi connectivity index (χ4n) is 1.34. The van der Waals surface area contributed by atoms with E-state index in [2.05, 4.69) is 31.4 Å². The zero-order valence-electron chi connectivity index (χ0n) is 10.5. The number of benzene rings is 1. The number of carbonyl (C=O) groups excluding carboxylic acids is 1. The molecule has 0 aliphatic carbocycles. The smallest absolute Gasteiger partial charge is 0.277 e. The number of halogens is 1. The molecule has 0 atom stereocenters. The van der Waals surface area contributed by atoms with Gasteiger partial charge in [-0.2, -0.15) is 5.10 Å². The van der Waals surface area contributed by atoms with Crippen LogP contribution in [0.25, 0.3) is 0 Å². The quantitative estimate of drug-likeness (QED) is 0.674. The summed E-state index contributed by atoms with van der Waals surface area (Å²) in [4.78, 5) is 15.4. The van der Waals surface area contributed by atoms with Crippen LogP contribution >= 0.6 is 15.9 Å². The van der Waals surface area contributed by atoms with Crippen molar-refractivity contribution >= 4 is 28.1 Å². The summed E-state index contributed by atoms with van der Waals surface area (Å²) in [5.41, 5.74) is 3.19. The van der Waals surface area contributed by atoms with Crippen LogP contribution in [0.5, 0.6) is 5.75 Å².